The van der Waals surface area contributed by atoms with E-state index in [9.17, 15) is 9.90 Å². The van der Waals surface area contributed by atoms with Gasteiger partial charge in [0.2, 0.25) is 0 Å². The van der Waals surface area contributed by atoms with E-state index in [-0.39, 0.29) is 17.1 Å². The van der Waals surface area contributed by atoms with Crippen LogP contribution in [0.5, 0.6) is 11.5 Å². The normalized spacial score (nSPS) is 10.9. The third-order valence-electron chi connectivity index (χ3n) is 3.85. The van der Waals surface area contributed by atoms with Crippen molar-refractivity contribution in [2.75, 3.05) is 6.61 Å². The molecule has 0 aliphatic carbocycles. The maximum absolute atomic E-state index is 11.8. The molecule has 0 saturated carbocycles. The largest absolute Gasteiger partial charge is 0.507 e. The van der Waals surface area contributed by atoms with Gasteiger partial charge in [0.25, 0.3) is 0 Å². The van der Waals surface area contributed by atoms with E-state index in [2.05, 4.69) is 6.58 Å². The first-order valence-electron chi connectivity index (χ1n) is 7.62. The van der Waals surface area contributed by atoms with Crippen LogP contribution < -0.4 is 10.4 Å². The summed E-state index contributed by atoms with van der Waals surface area (Å²) in [5, 5.41) is 10.9. The average molecular weight is 326 g/mol. The van der Waals surface area contributed by atoms with Gasteiger partial charge in [0.15, 0.2) is 11.5 Å². The van der Waals surface area contributed by atoms with Crippen molar-refractivity contribution in [3.05, 3.63) is 58.5 Å². The molecule has 0 fully saturated rings. The molecule has 124 valence electrons. The van der Waals surface area contributed by atoms with Crippen LogP contribution in [0.3, 0.4) is 0 Å². The zero-order valence-electron chi connectivity index (χ0n) is 13.6. The number of rotatable bonds is 5. The number of fused-ring (bicyclic) bond motifs is 1. The molecule has 2 aromatic heterocycles. The van der Waals surface area contributed by atoms with E-state index in [4.69, 9.17) is 13.6 Å². The molecule has 0 atom stereocenters. The van der Waals surface area contributed by atoms with Gasteiger partial charge in [-0.05, 0) is 44.5 Å². The molecule has 0 aliphatic heterocycles. The topological polar surface area (TPSA) is 72.8 Å². The highest BCUT2D eigenvalue weighted by atomic mass is 16.5. The van der Waals surface area contributed by atoms with Gasteiger partial charge in [0.05, 0.1) is 12.2 Å². The van der Waals surface area contributed by atoms with Gasteiger partial charge in [-0.1, -0.05) is 6.08 Å². The fourth-order valence-electron chi connectivity index (χ4n) is 2.45. The summed E-state index contributed by atoms with van der Waals surface area (Å²) >= 11 is 0. The Bertz CT molecular complexity index is 962. The van der Waals surface area contributed by atoms with Gasteiger partial charge in [0.1, 0.15) is 17.1 Å². The van der Waals surface area contributed by atoms with E-state index in [0.29, 0.717) is 23.5 Å². The monoisotopic (exact) mass is 326 g/mol. The molecule has 5 heteroatoms. The molecule has 0 bridgehead atoms. The van der Waals surface area contributed by atoms with Crippen LogP contribution in [0.2, 0.25) is 0 Å². The Balaban J connectivity index is 2.02. The van der Waals surface area contributed by atoms with Crippen molar-refractivity contribution in [2.24, 2.45) is 0 Å². The molecular weight excluding hydrogens is 308 g/mol. The van der Waals surface area contributed by atoms with Gasteiger partial charge in [-0.25, -0.2) is 4.79 Å². The maximum atomic E-state index is 11.8. The van der Waals surface area contributed by atoms with Crippen LogP contribution >= 0.6 is 0 Å². The maximum Gasteiger partial charge on any atom is 0.343 e. The zero-order chi connectivity index (χ0) is 17.3. The van der Waals surface area contributed by atoms with E-state index >= 15 is 0 Å². The Morgan fingerprint density at radius 2 is 2.00 bits per heavy atom. The van der Waals surface area contributed by atoms with Crippen LogP contribution in [0.1, 0.15) is 17.5 Å². The fraction of sp³-hybridized carbons (Fsp3) is 0.211. The van der Waals surface area contributed by atoms with Crippen molar-refractivity contribution >= 4 is 11.0 Å². The molecule has 0 unspecified atom stereocenters. The van der Waals surface area contributed by atoms with Gasteiger partial charge < -0.3 is 18.7 Å². The summed E-state index contributed by atoms with van der Waals surface area (Å²) in [7, 11) is 0. The second-order valence-corrected chi connectivity index (χ2v) is 5.55. The molecule has 0 spiro atoms. The lowest BCUT2D eigenvalue weighted by atomic mass is 10.1. The van der Waals surface area contributed by atoms with E-state index in [1.54, 1.807) is 25.1 Å². The summed E-state index contributed by atoms with van der Waals surface area (Å²) in [6, 6.07) is 7.22. The molecule has 1 aromatic carbocycles. The molecule has 0 amide bonds. The third-order valence-corrected chi connectivity index (χ3v) is 3.85. The Morgan fingerprint density at radius 3 is 2.75 bits per heavy atom. The second-order valence-electron chi connectivity index (χ2n) is 5.55. The summed E-state index contributed by atoms with van der Waals surface area (Å²) in [5.41, 5.74) is 0.712. The molecule has 0 saturated heterocycles. The first kappa shape index (κ1) is 15.9. The molecule has 2 heterocycles. The number of furan rings is 1. The minimum absolute atomic E-state index is 0.0739. The molecule has 3 rings (SSSR count). The van der Waals surface area contributed by atoms with Crippen molar-refractivity contribution in [1.82, 2.24) is 0 Å². The van der Waals surface area contributed by atoms with Crippen molar-refractivity contribution in [2.45, 2.75) is 20.3 Å². The average Bonchev–Trinajstić information content (AvgIpc) is 2.99. The molecular formula is C19H18O5. The Morgan fingerprint density at radius 1 is 1.21 bits per heavy atom. The van der Waals surface area contributed by atoms with E-state index in [0.717, 1.165) is 17.6 Å². The van der Waals surface area contributed by atoms with E-state index in [1.165, 1.54) is 6.92 Å². The Labute approximate surface area is 138 Å². The molecule has 0 radical (unpaired) electrons. The highest BCUT2D eigenvalue weighted by molar-refractivity contribution is 5.83. The van der Waals surface area contributed by atoms with Gasteiger partial charge in [0, 0.05) is 10.9 Å². The first-order chi connectivity index (χ1) is 11.5. The van der Waals surface area contributed by atoms with Crippen LogP contribution in [0.4, 0.5) is 0 Å². The fourth-order valence-corrected chi connectivity index (χ4v) is 2.45. The van der Waals surface area contributed by atoms with E-state index < -0.39 is 5.63 Å². The summed E-state index contributed by atoms with van der Waals surface area (Å²) in [4.78, 5) is 11.8. The van der Waals surface area contributed by atoms with Gasteiger partial charge in [-0.3, -0.25) is 0 Å². The number of hydrogen-bond donors (Lipinski definition) is 1. The van der Waals surface area contributed by atoms with Crippen molar-refractivity contribution in [3.8, 4) is 23.0 Å². The standard InChI is InChI=1S/C19H18O5/c1-4-5-8-22-14-6-7-15-13(9-14)10-16(23-15)18-11(2)17(20)12(3)19(21)24-18/h4,6-7,9-10,20H,1,5,8H2,2-3H3. The van der Waals surface area contributed by atoms with Crippen LogP contribution in [-0.2, 0) is 0 Å². The Kier molecular flexibility index (Phi) is 4.16. The molecule has 24 heavy (non-hydrogen) atoms. The van der Waals surface area contributed by atoms with Gasteiger partial charge in [-0.15, -0.1) is 6.58 Å². The lowest BCUT2D eigenvalue weighted by molar-refractivity contribution is 0.325. The SMILES string of the molecule is C=CCCOc1ccc2oc(-c3oc(=O)c(C)c(O)c3C)cc2c1. The summed E-state index contributed by atoms with van der Waals surface area (Å²) in [6.45, 7) is 7.41. The minimum Gasteiger partial charge on any atom is -0.507 e. The molecule has 3 aromatic rings. The zero-order valence-corrected chi connectivity index (χ0v) is 13.6. The van der Waals surface area contributed by atoms with Crippen LogP contribution in [-0.4, -0.2) is 11.7 Å². The predicted octanol–water partition coefficient (Wildman–Crippen LogP) is 4.33. The lowest BCUT2D eigenvalue weighted by Gasteiger charge is -2.05. The van der Waals surface area contributed by atoms with Gasteiger partial charge >= 0.3 is 5.63 Å². The highest BCUT2D eigenvalue weighted by Gasteiger charge is 2.18. The van der Waals surface area contributed by atoms with E-state index in [1.807, 2.05) is 12.1 Å². The first-order valence-corrected chi connectivity index (χ1v) is 7.62. The predicted molar refractivity (Wildman–Crippen MR) is 91.6 cm³/mol. The third kappa shape index (κ3) is 2.80. The number of benzene rings is 1. The lowest BCUT2D eigenvalue weighted by Crippen LogP contribution is -2.05. The quantitative estimate of drug-likeness (QED) is 0.558. The summed E-state index contributed by atoms with van der Waals surface area (Å²) in [6.07, 6.45) is 2.56. The smallest absolute Gasteiger partial charge is 0.343 e. The highest BCUT2D eigenvalue weighted by Crippen LogP contribution is 2.34. The van der Waals surface area contributed by atoms with Gasteiger partial charge in [-0.2, -0.15) is 0 Å². The van der Waals surface area contributed by atoms with Crippen molar-refractivity contribution in [1.29, 1.82) is 0 Å². The van der Waals surface area contributed by atoms with Crippen molar-refractivity contribution in [3.63, 3.8) is 0 Å². The van der Waals surface area contributed by atoms with Crippen LogP contribution in [0.15, 0.2) is 50.5 Å². The molecule has 5 nitrogen and oxygen atoms in total. The number of aromatic hydroxyl groups is 1. The summed E-state index contributed by atoms with van der Waals surface area (Å²) in [5.74, 6) is 1.27. The number of hydrogen-bond acceptors (Lipinski definition) is 5. The van der Waals surface area contributed by atoms with Crippen LogP contribution in [0, 0.1) is 13.8 Å². The van der Waals surface area contributed by atoms with Crippen molar-refractivity contribution < 1.29 is 18.7 Å². The Hall–Kier alpha value is -2.95. The minimum atomic E-state index is -0.581. The second kappa shape index (κ2) is 6.28. The molecule has 1 N–H and O–H groups in total. The number of ether oxygens (including phenoxy) is 1. The summed E-state index contributed by atoms with van der Waals surface area (Å²) < 4.78 is 16.7. The molecule has 0 aliphatic rings. The van der Waals surface area contributed by atoms with Crippen LogP contribution in [0.25, 0.3) is 22.5 Å².